The molecule has 0 aliphatic carbocycles. The van der Waals surface area contributed by atoms with Gasteiger partial charge in [0.2, 0.25) is 0 Å². The van der Waals surface area contributed by atoms with Crippen molar-refractivity contribution < 1.29 is 24.3 Å². The van der Waals surface area contributed by atoms with E-state index in [0.29, 0.717) is 13.2 Å². The molecule has 2 aromatic rings. The third-order valence-corrected chi connectivity index (χ3v) is 5.42. The fourth-order valence-electron chi connectivity index (χ4n) is 3.79. The first-order valence-electron chi connectivity index (χ1n) is 9.39. The number of hydrogen-bond acceptors (Lipinski definition) is 7. The quantitative estimate of drug-likeness (QED) is 0.673. The Bertz CT molecular complexity index is 822. The lowest BCUT2D eigenvalue weighted by Gasteiger charge is -2.16. The van der Waals surface area contributed by atoms with E-state index < -0.39 is 5.97 Å². The predicted octanol–water partition coefficient (Wildman–Crippen LogP) is -0.398. The molecule has 2 aliphatic rings. The number of anilines is 1. The van der Waals surface area contributed by atoms with Crippen LogP contribution in [0, 0.1) is 0 Å². The molecule has 4 rings (SSSR count). The summed E-state index contributed by atoms with van der Waals surface area (Å²) >= 11 is 0. The fourth-order valence-corrected chi connectivity index (χ4v) is 3.79. The molecule has 3 heterocycles. The second-order valence-electron chi connectivity index (χ2n) is 7.40. The Kier molecular flexibility index (Phi) is 5.29. The van der Waals surface area contributed by atoms with Crippen LogP contribution in [0.1, 0.15) is 22.1 Å². The highest BCUT2D eigenvalue weighted by atomic mass is 16.6. The van der Waals surface area contributed by atoms with Crippen molar-refractivity contribution in [1.82, 2.24) is 15.0 Å². The van der Waals surface area contributed by atoms with Crippen LogP contribution in [0.2, 0.25) is 0 Å². The summed E-state index contributed by atoms with van der Waals surface area (Å²) < 4.78 is 18.4. The molecule has 9 heteroatoms. The number of rotatable bonds is 6. The van der Waals surface area contributed by atoms with Gasteiger partial charge in [0.1, 0.15) is 37.4 Å². The van der Waals surface area contributed by atoms with Gasteiger partial charge in [-0.1, -0.05) is 17.3 Å². The zero-order valence-electron chi connectivity index (χ0n) is 16.3. The number of nitrogens with two attached hydrogens (primary N) is 1. The highest BCUT2D eigenvalue weighted by molar-refractivity contribution is 5.86. The molecule has 0 amide bonds. The van der Waals surface area contributed by atoms with Gasteiger partial charge in [-0.15, -0.1) is 5.10 Å². The highest BCUT2D eigenvalue weighted by Crippen LogP contribution is 2.32. The second-order valence-corrected chi connectivity index (χ2v) is 7.40. The van der Waals surface area contributed by atoms with Gasteiger partial charge in [0.25, 0.3) is 0 Å². The first kappa shape index (κ1) is 18.9. The average molecular weight is 388 g/mol. The number of aromatic nitrogens is 3. The van der Waals surface area contributed by atoms with Gasteiger partial charge >= 0.3 is 5.97 Å². The number of quaternary nitrogens is 1. The van der Waals surface area contributed by atoms with Crippen molar-refractivity contribution in [3.05, 3.63) is 41.7 Å². The van der Waals surface area contributed by atoms with Crippen molar-refractivity contribution in [3.63, 3.8) is 0 Å². The van der Waals surface area contributed by atoms with Crippen LogP contribution in [0.5, 0.6) is 0 Å². The van der Waals surface area contributed by atoms with Crippen LogP contribution in [0.3, 0.4) is 0 Å². The molecule has 0 bridgehead atoms. The minimum absolute atomic E-state index is 0.00294. The molecule has 1 aromatic heterocycles. The Hall–Kier alpha value is -2.49. The predicted molar refractivity (Wildman–Crippen MR) is 100 cm³/mol. The van der Waals surface area contributed by atoms with E-state index in [1.54, 1.807) is 10.9 Å². The molecule has 2 aliphatic heterocycles. The van der Waals surface area contributed by atoms with Crippen LogP contribution < -0.4 is 10.2 Å². The maximum Gasteiger partial charge on any atom is 0.360 e. The first-order valence-corrected chi connectivity index (χ1v) is 9.39. The number of esters is 1. The molecule has 0 saturated carbocycles. The van der Waals surface area contributed by atoms with Gasteiger partial charge in [0.15, 0.2) is 5.69 Å². The maximum absolute atomic E-state index is 11.6. The number of carbonyl (C=O) groups excluding carboxylic acids is 1. The summed E-state index contributed by atoms with van der Waals surface area (Å²) in [5.74, 6) is -0.499. The molecule has 4 atom stereocenters. The molecule has 2 saturated heterocycles. The summed E-state index contributed by atoms with van der Waals surface area (Å²) in [6.45, 7) is 1.98. The van der Waals surface area contributed by atoms with Crippen LogP contribution in [0.25, 0.3) is 0 Å². The molecular weight excluding hydrogens is 362 g/mol. The van der Waals surface area contributed by atoms with Crippen molar-refractivity contribution in [2.75, 3.05) is 39.3 Å². The second kappa shape index (κ2) is 7.86. The van der Waals surface area contributed by atoms with E-state index >= 15 is 0 Å². The average Bonchev–Trinajstić information content (AvgIpc) is 3.42. The van der Waals surface area contributed by atoms with Gasteiger partial charge in [-0.25, -0.2) is 9.48 Å². The zero-order valence-corrected chi connectivity index (χ0v) is 16.3. The minimum atomic E-state index is -0.499. The van der Waals surface area contributed by atoms with Crippen molar-refractivity contribution >= 4 is 11.7 Å². The van der Waals surface area contributed by atoms with Crippen molar-refractivity contribution in [2.24, 2.45) is 0 Å². The number of nitrogens with zero attached hydrogens (tertiary/aromatic N) is 4. The monoisotopic (exact) mass is 388 g/mol. The molecular formula is C19H26N5O4+. The summed E-state index contributed by atoms with van der Waals surface area (Å²) in [5, 5.41) is 10.2. The zero-order chi connectivity index (χ0) is 19.7. The molecule has 0 spiro atoms. The summed E-state index contributed by atoms with van der Waals surface area (Å²) in [5.41, 5.74) is 2.64. The van der Waals surface area contributed by atoms with Gasteiger partial charge in [0.05, 0.1) is 19.9 Å². The van der Waals surface area contributed by atoms with Crippen molar-refractivity contribution in [3.8, 4) is 0 Å². The Balaban J connectivity index is 1.36. The number of hydrogen-bond donors (Lipinski definition) is 1. The number of fused-ring (bicyclic) bond motifs is 1. The van der Waals surface area contributed by atoms with E-state index in [-0.39, 0.29) is 30.0 Å². The molecule has 2 fully saturated rings. The fraction of sp³-hybridized carbons (Fsp3) is 0.526. The van der Waals surface area contributed by atoms with Crippen LogP contribution in [-0.4, -0.2) is 73.6 Å². The molecule has 28 heavy (non-hydrogen) atoms. The van der Waals surface area contributed by atoms with Gasteiger partial charge < -0.3 is 24.4 Å². The Morgan fingerprint density at radius 3 is 2.71 bits per heavy atom. The summed E-state index contributed by atoms with van der Waals surface area (Å²) in [7, 11) is 5.40. The van der Waals surface area contributed by atoms with Gasteiger partial charge in [-0.2, -0.15) is 0 Å². The molecule has 2 N–H and O–H groups in total. The Morgan fingerprint density at radius 1 is 1.25 bits per heavy atom. The maximum atomic E-state index is 11.6. The van der Waals surface area contributed by atoms with Crippen molar-refractivity contribution in [2.45, 2.75) is 30.8 Å². The molecule has 0 unspecified atom stereocenters. The van der Waals surface area contributed by atoms with E-state index in [9.17, 15) is 4.79 Å². The number of methoxy groups -OCH3 is 1. The Morgan fingerprint density at radius 2 is 2.00 bits per heavy atom. The molecule has 1 aromatic carbocycles. The lowest BCUT2D eigenvalue weighted by molar-refractivity contribution is -0.707. The number of benzene rings is 1. The topological polar surface area (TPSA) is 95.3 Å². The standard InChI is InChI=1S/C19H25N5O4/c1-23(2)13-6-4-12(5-7-13)8-20-15-10-27-18-16(11-28-17(15)18)24-9-14(21-22-24)19(25)26-3/h4-7,9,15-18,20H,8,10-11H2,1-3H3/p+1/t15-,16-,17+,18+/m0/s1. The number of carbonyl (C=O) groups is 1. The van der Waals surface area contributed by atoms with E-state index in [1.807, 2.05) is 14.1 Å². The third-order valence-electron chi connectivity index (χ3n) is 5.42. The van der Waals surface area contributed by atoms with Crippen LogP contribution in [0.4, 0.5) is 5.69 Å². The SMILES string of the molecule is COC(=O)c1cn([C@H]2CO[C@H]3[C@@H]2OC[C@@H]3[NH2+]Cc2ccc(N(C)C)cc2)nn1. The van der Waals surface area contributed by atoms with E-state index in [2.05, 4.69) is 49.5 Å². The van der Waals surface area contributed by atoms with E-state index in [0.717, 1.165) is 6.54 Å². The minimum Gasteiger partial charge on any atom is -0.464 e. The van der Waals surface area contributed by atoms with Gasteiger partial charge in [0, 0.05) is 25.3 Å². The summed E-state index contributed by atoms with van der Waals surface area (Å²) in [6.07, 6.45) is 1.50. The van der Waals surface area contributed by atoms with E-state index in [1.165, 1.54) is 18.4 Å². The summed E-state index contributed by atoms with van der Waals surface area (Å²) in [4.78, 5) is 13.7. The molecule has 0 radical (unpaired) electrons. The van der Waals surface area contributed by atoms with Crippen LogP contribution >= 0.6 is 0 Å². The number of ether oxygens (including phenoxy) is 3. The summed E-state index contributed by atoms with van der Waals surface area (Å²) in [6, 6.07) is 8.70. The van der Waals surface area contributed by atoms with Crippen LogP contribution in [-0.2, 0) is 20.8 Å². The molecule has 9 nitrogen and oxygen atoms in total. The molecule has 150 valence electrons. The van der Waals surface area contributed by atoms with E-state index in [4.69, 9.17) is 9.47 Å². The van der Waals surface area contributed by atoms with Gasteiger partial charge in [-0.3, -0.25) is 0 Å². The van der Waals surface area contributed by atoms with Gasteiger partial charge in [-0.05, 0) is 12.1 Å². The smallest absolute Gasteiger partial charge is 0.360 e. The van der Waals surface area contributed by atoms with Crippen molar-refractivity contribution in [1.29, 1.82) is 0 Å². The van der Waals surface area contributed by atoms with Crippen LogP contribution in [0.15, 0.2) is 30.5 Å². The lowest BCUT2D eigenvalue weighted by atomic mass is 10.1. The normalized spacial score (nSPS) is 26.2. The largest absolute Gasteiger partial charge is 0.464 e. The lowest BCUT2D eigenvalue weighted by Crippen LogP contribution is -2.91. The Labute approximate surface area is 163 Å². The third kappa shape index (κ3) is 3.60. The highest BCUT2D eigenvalue weighted by Gasteiger charge is 2.50. The first-order chi connectivity index (χ1) is 13.6.